The molecule has 0 spiro atoms. The van der Waals surface area contributed by atoms with Crippen LogP contribution in [0.25, 0.3) is 10.1 Å². The van der Waals surface area contributed by atoms with Crippen molar-refractivity contribution < 1.29 is 9.31 Å². The molecule has 20 heavy (non-hydrogen) atoms. The second-order valence-corrected chi connectivity index (χ2v) is 5.20. The highest BCUT2D eigenvalue weighted by Gasteiger charge is 2.10. The van der Waals surface area contributed by atoms with E-state index in [0.29, 0.717) is 5.69 Å². The van der Waals surface area contributed by atoms with E-state index >= 15 is 0 Å². The molecule has 2 aromatic carbocycles. The van der Waals surface area contributed by atoms with Gasteiger partial charge in [0.1, 0.15) is 5.82 Å². The minimum atomic E-state index is -0.640. The van der Waals surface area contributed by atoms with Gasteiger partial charge < -0.3 is 5.32 Å². The fourth-order valence-corrected chi connectivity index (χ4v) is 2.73. The van der Waals surface area contributed by atoms with Gasteiger partial charge in [-0.2, -0.15) is 0 Å². The molecule has 0 saturated heterocycles. The van der Waals surface area contributed by atoms with E-state index in [4.69, 9.17) is 0 Å². The maximum atomic E-state index is 13.4. The summed E-state index contributed by atoms with van der Waals surface area (Å²) in [7, 11) is 0. The average molecular weight is 288 g/mol. The zero-order valence-corrected chi connectivity index (χ0v) is 11.0. The molecule has 0 bridgehead atoms. The molecular weight excluding hydrogens is 279 g/mol. The Balaban J connectivity index is 1.95. The van der Waals surface area contributed by atoms with Crippen LogP contribution in [0.4, 0.5) is 21.5 Å². The fourth-order valence-electron chi connectivity index (χ4n) is 1.96. The number of nitrogens with zero attached hydrogens (tertiary/aromatic N) is 1. The highest BCUT2D eigenvalue weighted by atomic mass is 32.1. The van der Waals surface area contributed by atoms with Crippen molar-refractivity contribution in [3.05, 3.63) is 63.8 Å². The summed E-state index contributed by atoms with van der Waals surface area (Å²) in [4.78, 5) is 10.1. The highest BCUT2D eigenvalue weighted by Crippen LogP contribution is 2.27. The Labute approximate surface area is 117 Å². The number of nitro benzene ring substituents is 1. The van der Waals surface area contributed by atoms with Gasteiger partial charge in [0.2, 0.25) is 0 Å². The minimum Gasteiger partial charge on any atom is -0.355 e. The molecule has 3 rings (SSSR count). The van der Waals surface area contributed by atoms with Gasteiger partial charge in [-0.05, 0) is 41.1 Å². The van der Waals surface area contributed by atoms with Crippen LogP contribution in [0.5, 0.6) is 0 Å². The van der Waals surface area contributed by atoms with Crippen LogP contribution in [0, 0.1) is 15.9 Å². The zero-order chi connectivity index (χ0) is 14.1. The van der Waals surface area contributed by atoms with Crippen LogP contribution in [0.15, 0.2) is 47.8 Å². The predicted octanol–water partition coefficient (Wildman–Crippen LogP) is 4.69. The lowest BCUT2D eigenvalue weighted by Crippen LogP contribution is -1.94. The number of thiophene rings is 1. The van der Waals surface area contributed by atoms with Gasteiger partial charge in [0.05, 0.1) is 11.0 Å². The van der Waals surface area contributed by atoms with Crippen molar-refractivity contribution in [1.29, 1.82) is 0 Å². The van der Waals surface area contributed by atoms with Crippen LogP contribution in [-0.4, -0.2) is 4.92 Å². The lowest BCUT2D eigenvalue weighted by molar-refractivity contribution is -0.385. The number of fused-ring (bicyclic) bond motifs is 1. The van der Waals surface area contributed by atoms with Crippen LogP contribution in [0.1, 0.15) is 0 Å². The van der Waals surface area contributed by atoms with Gasteiger partial charge >= 0.3 is 0 Å². The summed E-state index contributed by atoms with van der Waals surface area (Å²) in [6.45, 7) is 0. The second-order valence-electron chi connectivity index (χ2n) is 4.25. The molecule has 0 radical (unpaired) electrons. The van der Waals surface area contributed by atoms with Gasteiger partial charge in [-0.25, -0.2) is 4.39 Å². The monoisotopic (exact) mass is 288 g/mol. The molecule has 0 fully saturated rings. The molecule has 0 aliphatic carbocycles. The van der Waals surface area contributed by atoms with Crippen molar-refractivity contribution in [3.8, 4) is 0 Å². The van der Waals surface area contributed by atoms with Gasteiger partial charge in [0, 0.05) is 22.1 Å². The average Bonchev–Trinajstić information content (AvgIpc) is 2.85. The molecule has 4 nitrogen and oxygen atoms in total. The van der Waals surface area contributed by atoms with E-state index in [1.807, 2.05) is 29.6 Å². The molecule has 0 atom stereocenters. The second kappa shape index (κ2) is 4.90. The fraction of sp³-hybridized carbons (Fsp3) is 0. The number of halogens is 1. The Morgan fingerprint density at radius 2 is 1.95 bits per heavy atom. The number of hydrogen-bond donors (Lipinski definition) is 1. The molecule has 1 aromatic heterocycles. The summed E-state index contributed by atoms with van der Waals surface area (Å²) < 4.78 is 14.5. The molecular formula is C14H9FN2O2S. The summed E-state index contributed by atoms with van der Waals surface area (Å²) in [6.07, 6.45) is 0. The molecule has 1 N–H and O–H groups in total. The van der Waals surface area contributed by atoms with E-state index in [-0.39, 0.29) is 5.69 Å². The van der Waals surface area contributed by atoms with E-state index in [2.05, 4.69) is 5.32 Å². The van der Waals surface area contributed by atoms with Gasteiger partial charge in [-0.15, -0.1) is 11.3 Å². The van der Waals surface area contributed by atoms with Gasteiger partial charge in [-0.1, -0.05) is 0 Å². The van der Waals surface area contributed by atoms with Gasteiger partial charge in [0.25, 0.3) is 5.69 Å². The first-order valence-electron chi connectivity index (χ1n) is 5.81. The van der Waals surface area contributed by atoms with Crippen LogP contribution < -0.4 is 5.32 Å². The lowest BCUT2D eigenvalue weighted by Gasteiger charge is -2.06. The van der Waals surface area contributed by atoms with Gasteiger partial charge in [0.15, 0.2) is 0 Å². The molecule has 100 valence electrons. The summed E-state index contributed by atoms with van der Waals surface area (Å²) in [6, 6.07) is 11.1. The molecule has 0 unspecified atom stereocenters. The third-order valence-electron chi connectivity index (χ3n) is 2.83. The number of hydrogen-bond acceptors (Lipinski definition) is 4. The number of non-ortho nitro benzene ring substituents is 1. The van der Waals surface area contributed by atoms with Crippen molar-refractivity contribution in [3.63, 3.8) is 0 Å². The van der Waals surface area contributed by atoms with E-state index < -0.39 is 10.7 Å². The van der Waals surface area contributed by atoms with E-state index in [1.54, 1.807) is 11.3 Å². The first-order chi connectivity index (χ1) is 9.61. The molecule has 3 aromatic rings. The number of rotatable bonds is 3. The first-order valence-corrected chi connectivity index (χ1v) is 6.69. The number of anilines is 2. The Kier molecular flexibility index (Phi) is 3.08. The molecule has 0 aliphatic heterocycles. The van der Waals surface area contributed by atoms with Gasteiger partial charge in [-0.3, -0.25) is 10.1 Å². The summed E-state index contributed by atoms with van der Waals surface area (Å²) in [5.41, 5.74) is 0.839. The molecule has 1 heterocycles. The highest BCUT2D eigenvalue weighted by molar-refractivity contribution is 7.17. The van der Waals surface area contributed by atoms with Crippen molar-refractivity contribution in [1.82, 2.24) is 0 Å². The van der Waals surface area contributed by atoms with E-state index in [1.165, 1.54) is 12.1 Å². The smallest absolute Gasteiger partial charge is 0.274 e. The first kappa shape index (κ1) is 12.6. The topological polar surface area (TPSA) is 55.2 Å². The molecule has 0 saturated carbocycles. The van der Waals surface area contributed by atoms with E-state index in [9.17, 15) is 14.5 Å². The third kappa shape index (κ3) is 2.46. The minimum absolute atomic E-state index is 0.274. The molecule has 6 heteroatoms. The maximum absolute atomic E-state index is 13.4. The summed E-state index contributed by atoms with van der Waals surface area (Å²) in [5, 5.41) is 16.8. The van der Waals surface area contributed by atoms with E-state index in [0.717, 1.165) is 21.8 Å². The lowest BCUT2D eigenvalue weighted by atomic mass is 10.2. The molecule has 0 amide bonds. The normalized spacial score (nSPS) is 10.7. The van der Waals surface area contributed by atoms with Crippen LogP contribution >= 0.6 is 11.3 Å². The van der Waals surface area contributed by atoms with Crippen LogP contribution in [-0.2, 0) is 0 Å². The summed E-state index contributed by atoms with van der Waals surface area (Å²) in [5.74, 6) is -0.640. The maximum Gasteiger partial charge on any atom is 0.274 e. The Hall–Kier alpha value is -2.47. The standard InChI is InChI=1S/C14H9FN2O2S/c15-10-6-12(8-13(7-10)17(18)19)16-11-1-2-14-9(5-11)3-4-20-14/h1-8,16H. The van der Waals surface area contributed by atoms with Crippen molar-refractivity contribution >= 4 is 38.5 Å². The predicted molar refractivity (Wildman–Crippen MR) is 78.2 cm³/mol. The number of nitro groups is 1. The number of nitrogens with one attached hydrogen (secondary N) is 1. The third-order valence-corrected chi connectivity index (χ3v) is 3.73. The Morgan fingerprint density at radius 1 is 1.10 bits per heavy atom. The van der Waals surface area contributed by atoms with Crippen LogP contribution in [0.2, 0.25) is 0 Å². The largest absolute Gasteiger partial charge is 0.355 e. The number of benzene rings is 2. The van der Waals surface area contributed by atoms with Crippen molar-refractivity contribution in [2.45, 2.75) is 0 Å². The SMILES string of the molecule is O=[N+]([O-])c1cc(F)cc(Nc2ccc3sccc3c2)c1. The van der Waals surface area contributed by atoms with Crippen molar-refractivity contribution in [2.24, 2.45) is 0 Å². The Morgan fingerprint density at radius 3 is 2.75 bits per heavy atom. The van der Waals surface area contributed by atoms with Crippen molar-refractivity contribution in [2.75, 3.05) is 5.32 Å². The summed E-state index contributed by atoms with van der Waals surface area (Å²) >= 11 is 1.63. The quantitative estimate of drug-likeness (QED) is 0.561. The zero-order valence-electron chi connectivity index (χ0n) is 10.2. The molecule has 0 aliphatic rings. The Bertz CT molecular complexity index is 801. The van der Waals surface area contributed by atoms with Crippen LogP contribution in [0.3, 0.4) is 0 Å².